The van der Waals surface area contributed by atoms with Crippen molar-refractivity contribution in [3.63, 3.8) is 0 Å². The summed E-state index contributed by atoms with van der Waals surface area (Å²) in [4.78, 5) is 27.6. The number of halogens is 1. The number of carbonyl (C=O) groups excluding carboxylic acids is 2. The molecule has 0 radical (unpaired) electrons. The molecule has 1 heterocycles. The first-order valence-electron chi connectivity index (χ1n) is 7.26. The molecule has 1 aromatic carbocycles. The van der Waals surface area contributed by atoms with Crippen molar-refractivity contribution in [2.75, 3.05) is 11.9 Å². The zero-order valence-electron chi connectivity index (χ0n) is 13.4. The minimum absolute atomic E-state index is 0. The van der Waals surface area contributed by atoms with Gasteiger partial charge in [0.15, 0.2) is 5.82 Å². The van der Waals surface area contributed by atoms with Gasteiger partial charge in [-0.25, -0.2) is 4.98 Å². The van der Waals surface area contributed by atoms with Crippen molar-refractivity contribution < 1.29 is 9.59 Å². The van der Waals surface area contributed by atoms with Gasteiger partial charge >= 0.3 is 0 Å². The average molecular weight is 353 g/mol. The third kappa shape index (κ3) is 5.32. The van der Waals surface area contributed by atoms with Crippen molar-refractivity contribution in [3.05, 3.63) is 30.6 Å². The normalized spacial score (nSPS) is 11.5. The molecular formula is C15H21ClN6O2. The van der Waals surface area contributed by atoms with E-state index < -0.39 is 6.04 Å². The van der Waals surface area contributed by atoms with Crippen molar-refractivity contribution >= 4 is 29.9 Å². The first-order chi connectivity index (χ1) is 11.0. The Balaban J connectivity index is 0.00000288. The van der Waals surface area contributed by atoms with E-state index in [2.05, 4.69) is 25.8 Å². The number of nitrogens with two attached hydrogens (primary N) is 1. The van der Waals surface area contributed by atoms with Crippen LogP contribution in [0.5, 0.6) is 0 Å². The third-order valence-electron chi connectivity index (χ3n) is 3.30. The monoisotopic (exact) mass is 352 g/mol. The number of H-pyrrole nitrogens is 1. The van der Waals surface area contributed by atoms with Crippen molar-refractivity contribution in [3.8, 4) is 11.4 Å². The summed E-state index contributed by atoms with van der Waals surface area (Å²) in [6.07, 6.45) is 1.43. The fourth-order valence-electron chi connectivity index (χ4n) is 1.85. The summed E-state index contributed by atoms with van der Waals surface area (Å²) < 4.78 is 0. The second kappa shape index (κ2) is 8.99. The molecule has 9 heteroatoms. The van der Waals surface area contributed by atoms with Crippen LogP contribution in [0.1, 0.15) is 13.8 Å². The molecule has 2 aromatic rings. The van der Waals surface area contributed by atoms with Crippen LogP contribution in [0.2, 0.25) is 0 Å². The molecule has 0 saturated carbocycles. The molecule has 0 spiro atoms. The van der Waals surface area contributed by atoms with Gasteiger partial charge in [-0.1, -0.05) is 13.8 Å². The summed E-state index contributed by atoms with van der Waals surface area (Å²) in [7, 11) is 0. The molecule has 0 fully saturated rings. The average Bonchev–Trinajstić information content (AvgIpc) is 3.07. The summed E-state index contributed by atoms with van der Waals surface area (Å²) in [5.41, 5.74) is 7.19. The molecule has 2 amide bonds. The molecule has 0 aliphatic heterocycles. The van der Waals surface area contributed by atoms with Crippen molar-refractivity contribution in [2.24, 2.45) is 11.7 Å². The molecule has 2 rings (SSSR count). The van der Waals surface area contributed by atoms with Crippen LogP contribution in [0.4, 0.5) is 5.69 Å². The van der Waals surface area contributed by atoms with Gasteiger partial charge in [-0.3, -0.25) is 14.7 Å². The Morgan fingerprint density at radius 2 is 1.92 bits per heavy atom. The number of aromatic nitrogens is 3. The lowest BCUT2D eigenvalue weighted by Gasteiger charge is -2.15. The zero-order chi connectivity index (χ0) is 16.8. The van der Waals surface area contributed by atoms with Crippen molar-refractivity contribution in [1.29, 1.82) is 0 Å². The minimum Gasteiger partial charge on any atom is -0.346 e. The minimum atomic E-state index is -0.621. The molecule has 0 unspecified atom stereocenters. The van der Waals surface area contributed by atoms with E-state index in [1.165, 1.54) is 6.33 Å². The number of aromatic amines is 1. The van der Waals surface area contributed by atoms with Gasteiger partial charge in [0.05, 0.1) is 12.6 Å². The van der Waals surface area contributed by atoms with E-state index >= 15 is 0 Å². The SMILES string of the molecule is CC(C)[C@H](N)C(=O)NCC(=O)Nc1ccc(-c2ncn[nH]2)cc1.Cl. The first kappa shape index (κ1) is 19.6. The molecule has 8 nitrogen and oxygen atoms in total. The largest absolute Gasteiger partial charge is 0.346 e. The number of anilines is 1. The quantitative estimate of drug-likeness (QED) is 0.615. The van der Waals surface area contributed by atoms with Gasteiger partial charge in [0.25, 0.3) is 0 Å². The number of rotatable bonds is 6. The molecule has 0 aliphatic rings. The predicted molar refractivity (Wildman–Crippen MR) is 93.5 cm³/mol. The summed E-state index contributed by atoms with van der Waals surface area (Å²) >= 11 is 0. The molecule has 5 N–H and O–H groups in total. The topological polar surface area (TPSA) is 126 Å². The van der Waals surface area contributed by atoms with Gasteiger partial charge < -0.3 is 16.4 Å². The highest BCUT2D eigenvalue weighted by atomic mass is 35.5. The summed E-state index contributed by atoms with van der Waals surface area (Å²) in [6, 6.07) is 6.49. The fraction of sp³-hybridized carbons (Fsp3) is 0.333. The second-order valence-corrected chi connectivity index (χ2v) is 5.45. The van der Waals surface area contributed by atoms with Gasteiger partial charge in [0.1, 0.15) is 6.33 Å². The van der Waals surface area contributed by atoms with Crippen molar-refractivity contribution in [2.45, 2.75) is 19.9 Å². The van der Waals surface area contributed by atoms with E-state index in [1.807, 2.05) is 26.0 Å². The number of nitrogens with zero attached hydrogens (tertiary/aromatic N) is 2. The van der Waals surface area contributed by atoms with Crippen LogP contribution in [0, 0.1) is 5.92 Å². The maximum absolute atomic E-state index is 11.8. The zero-order valence-corrected chi connectivity index (χ0v) is 14.3. The predicted octanol–water partition coefficient (Wildman–Crippen LogP) is 0.931. The van der Waals surface area contributed by atoms with E-state index in [0.717, 1.165) is 5.56 Å². The maximum atomic E-state index is 11.8. The van der Waals surface area contributed by atoms with E-state index in [0.29, 0.717) is 11.5 Å². The number of nitrogens with one attached hydrogen (secondary N) is 3. The maximum Gasteiger partial charge on any atom is 0.243 e. The Labute approximate surface area is 146 Å². The van der Waals surface area contributed by atoms with E-state index in [9.17, 15) is 9.59 Å². The van der Waals surface area contributed by atoms with Gasteiger partial charge in [-0.05, 0) is 30.2 Å². The first-order valence-corrected chi connectivity index (χ1v) is 7.26. The van der Waals surface area contributed by atoms with Crippen LogP contribution < -0.4 is 16.4 Å². The van der Waals surface area contributed by atoms with Crippen LogP contribution in [0.3, 0.4) is 0 Å². The standard InChI is InChI=1S/C15H20N6O2.ClH/c1-9(2)13(16)15(23)17-7-12(22)20-11-5-3-10(4-6-11)14-18-8-19-21-14;/h3-6,8-9,13H,7,16H2,1-2H3,(H,17,23)(H,20,22)(H,18,19,21);1H/t13-;/m0./s1. The Morgan fingerprint density at radius 1 is 1.25 bits per heavy atom. The lowest BCUT2D eigenvalue weighted by molar-refractivity contribution is -0.125. The number of carbonyl (C=O) groups is 2. The van der Waals surface area contributed by atoms with Gasteiger partial charge in [-0.2, -0.15) is 5.10 Å². The van der Waals surface area contributed by atoms with Gasteiger partial charge in [0.2, 0.25) is 11.8 Å². The highest BCUT2D eigenvalue weighted by molar-refractivity contribution is 5.95. The Morgan fingerprint density at radius 3 is 2.46 bits per heavy atom. The molecule has 24 heavy (non-hydrogen) atoms. The number of benzene rings is 1. The van der Waals surface area contributed by atoms with Crippen LogP contribution >= 0.6 is 12.4 Å². The van der Waals surface area contributed by atoms with Crippen LogP contribution in [0.15, 0.2) is 30.6 Å². The molecule has 130 valence electrons. The Hall–Kier alpha value is -2.45. The summed E-state index contributed by atoms with van der Waals surface area (Å²) in [6.45, 7) is 3.57. The molecule has 0 bridgehead atoms. The number of amides is 2. The third-order valence-corrected chi connectivity index (χ3v) is 3.30. The van der Waals surface area contributed by atoms with E-state index in [-0.39, 0.29) is 36.7 Å². The molecule has 0 saturated heterocycles. The summed E-state index contributed by atoms with van der Waals surface area (Å²) in [5.74, 6) is 0.0112. The van der Waals surface area contributed by atoms with Crippen LogP contribution in [-0.2, 0) is 9.59 Å². The molecule has 1 atom stereocenters. The molecular weight excluding hydrogens is 332 g/mol. The fourth-order valence-corrected chi connectivity index (χ4v) is 1.85. The molecule has 0 aliphatic carbocycles. The Bertz CT molecular complexity index is 657. The second-order valence-electron chi connectivity index (χ2n) is 5.45. The van der Waals surface area contributed by atoms with E-state index in [1.54, 1.807) is 12.1 Å². The van der Waals surface area contributed by atoms with Crippen LogP contribution in [0.25, 0.3) is 11.4 Å². The van der Waals surface area contributed by atoms with Gasteiger partial charge in [-0.15, -0.1) is 12.4 Å². The van der Waals surface area contributed by atoms with Crippen molar-refractivity contribution in [1.82, 2.24) is 20.5 Å². The van der Waals surface area contributed by atoms with Crippen LogP contribution in [-0.4, -0.2) is 39.6 Å². The Kier molecular flexibility index (Phi) is 7.34. The highest BCUT2D eigenvalue weighted by Crippen LogP contribution is 2.16. The smallest absolute Gasteiger partial charge is 0.243 e. The molecule has 1 aromatic heterocycles. The van der Waals surface area contributed by atoms with E-state index in [4.69, 9.17) is 5.73 Å². The van der Waals surface area contributed by atoms with Gasteiger partial charge in [0, 0.05) is 11.3 Å². The number of hydrogen-bond donors (Lipinski definition) is 4. The number of hydrogen-bond acceptors (Lipinski definition) is 5. The highest BCUT2D eigenvalue weighted by Gasteiger charge is 2.17. The lowest BCUT2D eigenvalue weighted by atomic mass is 10.1. The lowest BCUT2D eigenvalue weighted by Crippen LogP contribution is -2.46. The summed E-state index contributed by atoms with van der Waals surface area (Å²) in [5, 5.41) is 11.8.